The Morgan fingerprint density at radius 1 is 1.00 bits per heavy atom. The topological polar surface area (TPSA) is 94.3 Å². The summed E-state index contributed by atoms with van der Waals surface area (Å²) in [6, 6.07) is 11.4. The Hall–Kier alpha value is -3.30. The number of anilines is 1. The Labute approximate surface area is 202 Å². The minimum absolute atomic E-state index is 0.000824. The van der Waals surface area contributed by atoms with Crippen molar-refractivity contribution >= 4 is 40.7 Å². The number of rotatable bonds is 8. The first-order valence-electron chi connectivity index (χ1n) is 9.85. The van der Waals surface area contributed by atoms with Crippen LogP contribution in [0.4, 0.5) is 18.9 Å². The van der Waals surface area contributed by atoms with E-state index in [0.29, 0.717) is 22.8 Å². The molecule has 3 rings (SSSR count). The highest BCUT2D eigenvalue weighted by Crippen LogP contribution is 2.36. The molecule has 1 heterocycles. The lowest BCUT2D eigenvalue weighted by Gasteiger charge is -2.12. The van der Waals surface area contributed by atoms with Gasteiger partial charge in [0.2, 0.25) is 5.91 Å². The van der Waals surface area contributed by atoms with Crippen LogP contribution in [0.2, 0.25) is 10.0 Å². The summed E-state index contributed by atoms with van der Waals surface area (Å²) >= 11 is 11.9. The van der Waals surface area contributed by atoms with E-state index in [-0.39, 0.29) is 24.4 Å². The predicted molar refractivity (Wildman–Crippen MR) is 122 cm³/mol. The van der Waals surface area contributed by atoms with Crippen LogP contribution in [0.1, 0.15) is 33.6 Å². The summed E-state index contributed by atoms with van der Waals surface area (Å²) in [5.41, 5.74) is 5.72. The molecule has 0 bridgehead atoms. The summed E-state index contributed by atoms with van der Waals surface area (Å²) in [6.45, 7) is 0.130. The molecule has 0 saturated carbocycles. The summed E-state index contributed by atoms with van der Waals surface area (Å²) in [4.78, 5) is 27.3. The molecule has 0 atom stereocenters. The summed E-state index contributed by atoms with van der Waals surface area (Å²) in [7, 11) is 0. The minimum Gasteiger partial charge on any atom is -0.487 e. The SMILES string of the molecule is NC(=O)c1cc(COc2ccc(CCC(=O)Nc3ccc(Cl)c(C(F)(F)F)c3)cc2Cl)ccn1. The second kappa shape index (κ2) is 10.8. The van der Waals surface area contributed by atoms with E-state index >= 15 is 0 Å². The summed E-state index contributed by atoms with van der Waals surface area (Å²) in [5.74, 6) is -0.715. The Kier molecular flexibility index (Phi) is 8.01. The fourth-order valence-electron chi connectivity index (χ4n) is 2.98. The van der Waals surface area contributed by atoms with Gasteiger partial charge in [-0.2, -0.15) is 13.2 Å². The number of alkyl halides is 3. The Morgan fingerprint density at radius 2 is 1.76 bits per heavy atom. The van der Waals surface area contributed by atoms with Crippen LogP contribution in [-0.4, -0.2) is 16.8 Å². The van der Waals surface area contributed by atoms with Crippen LogP contribution in [0.15, 0.2) is 54.7 Å². The Morgan fingerprint density at radius 3 is 2.44 bits per heavy atom. The van der Waals surface area contributed by atoms with Crippen molar-refractivity contribution < 1.29 is 27.5 Å². The van der Waals surface area contributed by atoms with Gasteiger partial charge in [0, 0.05) is 18.3 Å². The number of carbonyl (C=O) groups is 2. The van der Waals surface area contributed by atoms with Crippen molar-refractivity contribution in [3.63, 3.8) is 0 Å². The number of pyridine rings is 1. The number of halogens is 5. The molecule has 6 nitrogen and oxygen atoms in total. The maximum absolute atomic E-state index is 13.0. The van der Waals surface area contributed by atoms with Crippen molar-refractivity contribution in [2.24, 2.45) is 5.73 Å². The Balaban J connectivity index is 1.56. The maximum atomic E-state index is 13.0. The zero-order valence-electron chi connectivity index (χ0n) is 17.5. The van der Waals surface area contributed by atoms with Crippen molar-refractivity contribution in [1.82, 2.24) is 4.98 Å². The average Bonchev–Trinajstić information content (AvgIpc) is 2.77. The van der Waals surface area contributed by atoms with Gasteiger partial charge in [0.05, 0.1) is 15.6 Å². The van der Waals surface area contributed by atoms with E-state index in [9.17, 15) is 22.8 Å². The molecule has 0 aliphatic carbocycles. The Bertz CT molecular complexity index is 1220. The molecule has 0 fully saturated rings. The van der Waals surface area contributed by atoms with Crippen LogP contribution in [0, 0.1) is 0 Å². The van der Waals surface area contributed by atoms with Gasteiger partial charge >= 0.3 is 6.18 Å². The summed E-state index contributed by atoms with van der Waals surface area (Å²) in [5, 5.41) is 2.31. The number of hydrogen-bond donors (Lipinski definition) is 2. The van der Waals surface area contributed by atoms with Crippen LogP contribution in [0.5, 0.6) is 5.75 Å². The highest BCUT2D eigenvalue weighted by atomic mass is 35.5. The number of primary amides is 1. The number of nitrogens with zero attached hydrogens (tertiary/aromatic N) is 1. The van der Waals surface area contributed by atoms with E-state index in [1.165, 1.54) is 18.3 Å². The largest absolute Gasteiger partial charge is 0.487 e. The van der Waals surface area contributed by atoms with Crippen LogP contribution < -0.4 is 15.8 Å². The molecule has 0 spiro atoms. The van der Waals surface area contributed by atoms with Gasteiger partial charge in [0.15, 0.2) is 0 Å². The van der Waals surface area contributed by atoms with Crippen LogP contribution in [0.25, 0.3) is 0 Å². The first-order chi connectivity index (χ1) is 16.0. The molecular weight excluding hydrogens is 494 g/mol. The third kappa shape index (κ3) is 6.85. The van der Waals surface area contributed by atoms with Gasteiger partial charge in [-0.1, -0.05) is 29.3 Å². The molecule has 0 radical (unpaired) electrons. The number of aromatic nitrogens is 1. The molecule has 1 aromatic heterocycles. The van der Waals surface area contributed by atoms with Gasteiger partial charge in [-0.3, -0.25) is 14.6 Å². The van der Waals surface area contributed by atoms with Gasteiger partial charge < -0.3 is 15.8 Å². The molecule has 3 N–H and O–H groups in total. The third-order valence-electron chi connectivity index (χ3n) is 4.66. The van der Waals surface area contributed by atoms with Crippen LogP contribution in [-0.2, 0) is 24.0 Å². The van der Waals surface area contributed by atoms with E-state index in [1.807, 2.05) is 0 Å². The maximum Gasteiger partial charge on any atom is 0.417 e. The molecule has 0 aliphatic heterocycles. The molecule has 3 aromatic rings. The highest BCUT2D eigenvalue weighted by molar-refractivity contribution is 6.32. The zero-order valence-corrected chi connectivity index (χ0v) is 19.0. The number of aryl methyl sites for hydroxylation is 1. The lowest BCUT2D eigenvalue weighted by molar-refractivity contribution is -0.137. The van der Waals surface area contributed by atoms with Gasteiger partial charge in [-0.15, -0.1) is 0 Å². The smallest absolute Gasteiger partial charge is 0.417 e. The van der Waals surface area contributed by atoms with Crippen LogP contribution >= 0.6 is 23.2 Å². The number of nitrogens with one attached hydrogen (secondary N) is 1. The zero-order chi connectivity index (χ0) is 24.9. The molecular formula is C23H18Cl2F3N3O3. The van der Waals surface area contributed by atoms with Gasteiger partial charge in [-0.05, 0) is 60.0 Å². The number of nitrogens with two attached hydrogens (primary N) is 1. The molecule has 34 heavy (non-hydrogen) atoms. The van der Waals surface area contributed by atoms with Crippen molar-refractivity contribution in [2.75, 3.05) is 5.32 Å². The van der Waals surface area contributed by atoms with Crippen molar-refractivity contribution in [3.05, 3.63) is 87.2 Å². The van der Waals surface area contributed by atoms with E-state index in [0.717, 1.165) is 17.7 Å². The highest BCUT2D eigenvalue weighted by Gasteiger charge is 2.33. The van der Waals surface area contributed by atoms with E-state index in [4.69, 9.17) is 33.7 Å². The standard InChI is InChI=1S/C23H18Cl2F3N3O3/c24-17-4-3-15(11-16(17)23(26,27)28)31-21(32)6-2-13-1-5-20(18(25)9-13)34-12-14-7-8-30-19(10-14)22(29)33/h1,3-5,7-11H,2,6,12H2,(H2,29,33)(H,31,32). The normalized spacial score (nSPS) is 11.2. The predicted octanol–water partition coefficient (Wildman–Crippen LogP) is 5.66. The lowest BCUT2D eigenvalue weighted by Crippen LogP contribution is -2.14. The van der Waals surface area contributed by atoms with E-state index < -0.39 is 28.6 Å². The third-order valence-corrected chi connectivity index (χ3v) is 5.29. The average molecular weight is 512 g/mol. The number of benzene rings is 2. The van der Waals surface area contributed by atoms with E-state index in [2.05, 4.69) is 10.3 Å². The second-order valence-electron chi connectivity index (χ2n) is 7.21. The van der Waals surface area contributed by atoms with Gasteiger partial charge in [-0.25, -0.2) is 0 Å². The van der Waals surface area contributed by atoms with Gasteiger partial charge in [0.25, 0.3) is 5.91 Å². The summed E-state index contributed by atoms with van der Waals surface area (Å²) < 4.78 is 44.6. The van der Waals surface area contributed by atoms with Crippen molar-refractivity contribution in [2.45, 2.75) is 25.6 Å². The van der Waals surface area contributed by atoms with Crippen molar-refractivity contribution in [1.29, 1.82) is 0 Å². The molecule has 0 saturated heterocycles. The van der Waals surface area contributed by atoms with Gasteiger partial charge in [0.1, 0.15) is 18.1 Å². The molecule has 0 aliphatic rings. The van der Waals surface area contributed by atoms with Crippen molar-refractivity contribution in [3.8, 4) is 5.75 Å². The first kappa shape index (κ1) is 25.3. The summed E-state index contributed by atoms with van der Waals surface area (Å²) in [6.07, 6.45) is -2.85. The first-order valence-corrected chi connectivity index (χ1v) is 10.6. The molecule has 2 amide bonds. The monoisotopic (exact) mass is 511 g/mol. The number of hydrogen-bond acceptors (Lipinski definition) is 4. The number of ether oxygens (including phenoxy) is 1. The number of carbonyl (C=O) groups excluding carboxylic acids is 2. The molecule has 11 heteroatoms. The molecule has 2 aromatic carbocycles. The number of amides is 2. The lowest BCUT2D eigenvalue weighted by atomic mass is 10.1. The quantitative estimate of drug-likeness (QED) is 0.408. The molecule has 178 valence electrons. The fraction of sp³-hybridized carbons (Fsp3) is 0.174. The van der Waals surface area contributed by atoms with E-state index in [1.54, 1.807) is 24.3 Å². The minimum atomic E-state index is -4.63. The second-order valence-corrected chi connectivity index (χ2v) is 8.02. The van der Waals surface area contributed by atoms with Crippen LogP contribution in [0.3, 0.4) is 0 Å². The fourth-order valence-corrected chi connectivity index (χ4v) is 3.46. The molecule has 0 unspecified atom stereocenters.